The minimum Gasteiger partial charge on any atom is -0.505 e. The average molecular weight is 413 g/mol. The molecule has 1 heterocycles. The van der Waals surface area contributed by atoms with Crippen molar-refractivity contribution in [2.45, 2.75) is 83.4 Å². The Kier molecular flexibility index (Phi) is 5.23. The highest BCUT2D eigenvalue weighted by molar-refractivity contribution is 6.10. The predicted molar refractivity (Wildman–Crippen MR) is 103 cm³/mol. The van der Waals surface area contributed by atoms with Crippen LogP contribution in [0.3, 0.4) is 0 Å². The summed E-state index contributed by atoms with van der Waals surface area (Å²) in [6.45, 7) is 2.09. The summed E-state index contributed by atoms with van der Waals surface area (Å²) in [6, 6.07) is -0.130. The number of fused-ring (bicyclic) bond motifs is 1. The fourth-order valence-corrected chi connectivity index (χ4v) is 6.31. The zero-order valence-electron chi connectivity index (χ0n) is 16.8. The second kappa shape index (κ2) is 7.31. The quantitative estimate of drug-likeness (QED) is 0.623. The number of carboxylic acids is 1. The lowest BCUT2D eigenvalue weighted by atomic mass is 9.67. The number of hydrogen-bond donors (Lipinski definition) is 2. The minimum atomic E-state index is -4.15. The first-order chi connectivity index (χ1) is 13.7. The number of aliphatic hydroxyl groups excluding tert-OH is 1. The van der Waals surface area contributed by atoms with Gasteiger partial charge in [-0.1, -0.05) is 19.8 Å². The largest absolute Gasteiger partial charge is 0.505 e. The van der Waals surface area contributed by atoms with Gasteiger partial charge in [-0.25, -0.2) is 4.79 Å². The van der Waals surface area contributed by atoms with E-state index in [9.17, 15) is 28.2 Å². The number of aliphatic carboxylic acids is 1. The Morgan fingerprint density at radius 3 is 2.31 bits per heavy atom. The molecule has 0 aromatic carbocycles. The van der Waals surface area contributed by atoms with Crippen molar-refractivity contribution in [1.29, 1.82) is 0 Å². The van der Waals surface area contributed by atoms with E-state index in [1.807, 2.05) is 0 Å². The smallest absolute Gasteiger partial charge is 0.391 e. The van der Waals surface area contributed by atoms with E-state index >= 15 is 0 Å². The van der Waals surface area contributed by atoms with Gasteiger partial charge in [-0.3, -0.25) is 4.99 Å². The Balaban J connectivity index is 1.64. The molecule has 2 N–H and O–H groups in total. The first-order valence-electron chi connectivity index (χ1n) is 11.0. The Hall–Kier alpha value is -1.53. The summed E-state index contributed by atoms with van der Waals surface area (Å²) in [4.78, 5) is 17.0. The molecule has 0 aromatic rings. The van der Waals surface area contributed by atoms with Gasteiger partial charge in [0.1, 0.15) is 5.76 Å². The lowest BCUT2D eigenvalue weighted by Gasteiger charge is -2.42. The Bertz CT molecular complexity index is 730. The first-order valence-corrected chi connectivity index (χ1v) is 11.0. The molecule has 4 rings (SSSR count). The average Bonchev–Trinajstić information content (AvgIpc) is 3.47. The van der Waals surface area contributed by atoms with Gasteiger partial charge in [0.15, 0.2) is 0 Å². The summed E-state index contributed by atoms with van der Waals surface area (Å²) in [6.07, 6.45) is 2.12. The van der Waals surface area contributed by atoms with Crippen LogP contribution >= 0.6 is 0 Å². The molecule has 1 aliphatic heterocycles. The van der Waals surface area contributed by atoms with E-state index in [0.717, 1.165) is 32.1 Å². The fourth-order valence-electron chi connectivity index (χ4n) is 6.31. The molecule has 4 aliphatic rings. The normalized spacial score (nSPS) is 37.0. The van der Waals surface area contributed by atoms with Gasteiger partial charge in [-0.15, -0.1) is 0 Å². The molecule has 3 fully saturated rings. The number of alkyl halides is 3. The number of carbonyl (C=O) groups is 1. The highest BCUT2D eigenvalue weighted by atomic mass is 19.4. The molecule has 0 amide bonds. The van der Waals surface area contributed by atoms with Gasteiger partial charge in [-0.05, 0) is 63.2 Å². The number of aliphatic hydroxyl groups is 1. The zero-order valence-corrected chi connectivity index (χ0v) is 16.8. The van der Waals surface area contributed by atoms with Crippen LogP contribution in [0.5, 0.6) is 0 Å². The number of allylic oxidation sites excluding steroid dienone is 1. The summed E-state index contributed by atoms with van der Waals surface area (Å²) in [5, 5.41) is 20.8. The molecule has 3 unspecified atom stereocenters. The van der Waals surface area contributed by atoms with Crippen molar-refractivity contribution in [1.82, 2.24) is 0 Å². The van der Waals surface area contributed by atoms with Gasteiger partial charge >= 0.3 is 12.1 Å². The fraction of sp³-hybridized carbons (Fsp3) is 0.818. The number of rotatable bonds is 4. The Morgan fingerprint density at radius 2 is 1.79 bits per heavy atom. The van der Waals surface area contributed by atoms with Crippen LogP contribution in [0.25, 0.3) is 0 Å². The third-order valence-electron chi connectivity index (χ3n) is 8.10. The van der Waals surface area contributed by atoms with E-state index in [4.69, 9.17) is 4.99 Å². The predicted octanol–water partition coefficient (Wildman–Crippen LogP) is 5.68. The van der Waals surface area contributed by atoms with Crippen LogP contribution in [0.2, 0.25) is 0 Å². The summed E-state index contributed by atoms with van der Waals surface area (Å²) in [5.74, 6) is -2.44. The number of hydrogen-bond acceptors (Lipinski definition) is 3. The lowest BCUT2D eigenvalue weighted by molar-refractivity contribution is -0.184. The van der Waals surface area contributed by atoms with E-state index in [0.29, 0.717) is 30.9 Å². The molecule has 4 nitrogen and oxygen atoms in total. The molecular formula is C22H30F3NO3. The van der Waals surface area contributed by atoms with Crippen LogP contribution in [-0.2, 0) is 4.79 Å². The van der Waals surface area contributed by atoms with Crippen LogP contribution in [0.1, 0.15) is 71.1 Å². The Labute approximate surface area is 169 Å². The van der Waals surface area contributed by atoms with E-state index in [1.165, 1.54) is 0 Å². The summed E-state index contributed by atoms with van der Waals surface area (Å²) in [5.41, 5.74) is 0.155. The van der Waals surface area contributed by atoms with Gasteiger partial charge in [0.05, 0.1) is 23.2 Å². The van der Waals surface area contributed by atoms with Crippen molar-refractivity contribution in [2.24, 2.45) is 34.1 Å². The van der Waals surface area contributed by atoms with E-state index in [1.54, 1.807) is 0 Å². The molecule has 3 saturated carbocycles. The van der Waals surface area contributed by atoms with Crippen LogP contribution in [-0.4, -0.2) is 34.1 Å². The van der Waals surface area contributed by atoms with Crippen LogP contribution < -0.4 is 0 Å². The van der Waals surface area contributed by atoms with Crippen molar-refractivity contribution in [2.75, 3.05) is 0 Å². The van der Waals surface area contributed by atoms with Gasteiger partial charge in [0, 0.05) is 11.3 Å². The number of carboxylic acid groups (broad SMARTS) is 1. The van der Waals surface area contributed by atoms with Gasteiger partial charge in [0.2, 0.25) is 0 Å². The lowest BCUT2D eigenvalue weighted by Crippen LogP contribution is -2.43. The third kappa shape index (κ3) is 3.48. The van der Waals surface area contributed by atoms with E-state index in [-0.39, 0.29) is 42.1 Å². The van der Waals surface area contributed by atoms with Crippen molar-refractivity contribution < 1.29 is 28.2 Å². The van der Waals surface area contributed by atoms with E-state index in [2.05, 4.69) is 6.92 Å². The molecule has 0 saturated heterocycles. The standard InChI is InChI=1S/C22H30F3NO3/c1-2-12-4-3-5-15-16(20(28)29)18(27)19(26-17(12)15)21(10-11-21)13-6-8-14(9-7-13)22(23,24)25/h12-15,17,27H,2-11H2,1H3,(H,28,29). The number of aliphatic imine (C=N–C) groups is 1. The topological polar surface area (TPSA) is 69.9 Å². The van der Waals surface area contributed by atoms with Crippen molar-refractivity contribution in [3.63, 3.8) is 0 Å². The maximum absolute atomic E-state index is 13.1. The maximum atomic E-state index is 13.1. The monoisotopic (exact) mass is 413 g/mol. The van der Waals surface area contributed by atoms with E-state index < -0.39 is 23.5 Å². The van der Waals surface area contributed by atoms with Crippen molar-refractivity contribution >= 4 is 11.7 Å². The number of halogens is 3. The van der Waals surface area contributed by atoms with Crippen LogP contribution in [0, 0.1) is 29.1 Å². The minimum absolute atomic E-state index is 0.0391. The summed E-state index contributed by atoms with van der Waals surface area (Å²) < 4.78 is 39.2. The Morgan fingerprint density at radius 1 is 1.14 bits per heavy atom. The molecule has 0 radical (unpaired) electrons. The highest BCUT2D eigenvalue weighted by Crippen LogP contribution is 2.61. The SMILES string of the molecule is CCC1CCCC2C(C(=O)O)=C(O)C(C3(C4CCC(C(F)(F)F)CC4)CC3)=NC12. The number of dihydropyridines is 1. The molecule has 3 aliphatic carbocycles. The summed E-state index contributed by atoms with van der Waals surface area (Å²) in [7, 11) is 0. The van der Waals surface area contributed by atoms with Gasteiger partial charge < -0.3 is 10.2 Å². The van der Waals surface area contributed by atoms with Crippen LogP contribution in [0.15, 0.2) is 16.3 Å². The summed E-state index contributed by atoms with van der Waals surface area (Å²) >= 11 is 0. The van der Waals surface area contributed by atoms with Gasteiger partial charge in [-0.2, -0.15) is 13.2 Å². The zero-order chi connectivity index (χ0) is 21.0. The molecule has 0 aromatic heterocycles. The molecular weight excluding hydrogens is 383 g/mol. The molecule has 162 valence electrons. The molecule has 3 atom stereocenters. The van der Waals surface area contributed by atoms with Crippen molar-refractivity contribution in [3.05, 3.63) is 11.3 Å². The first kappa shape index (κ1) is 20.7. The van der Waals surface area contributed by atoms with Gasteiger partial charge in [0.25, 0.3) is 0 Å². The second-order valence-electron chi connectivity index (χ2n) is 9.49. The number of nitrogens with zero attached hydrogens (tertiary/aromatic N) is 1. The molecule has 7 heteroatoms. The highest BCUT2D eigenvalue weighted by Gasteiger charge is 2.58. The molecule has 0 spiro atoms. The van der Waals surface area contributed by atoms with Crippen molar-refractivity contribution in [3.8, 4) is 0 Å². The molecule has 0 bridgehead atoms. The van der Waals surface area contributed by atoms with Crippen LogP contribution in [0.4, 0.5) is 13.2 Å². The third-order valence-corrected chi connectivity index (χ3v) is 8.10. The molecule has 29 heavy (non-hydrogen) atoms. The maximum Gasteiger partial charge on any atom is 0.391 e. The second-order valence-corrected chi connectivity index (χ2v) is 9.49.